The van der Waals surface area contributed by atoms with Gasteiger partial charge in [-0.3, -0.25) is 0 Å². The summed E-state index contributed by atoms with van der Waals surface area (Å²) < 4.78 is 10.5. The second kappa shape index (κ2) is 9.08. The molecule has 0 unspecified atom stereocenters. The molecule has 1 aliphatic heterocycles. The van der Waals surface area contributed by atoms with Crippen molar-refractivity contribution in [2.24, 2.45) is 0 Å². The molecule has 0 atom stereocenters. The number of carbonyl (C=O) groups is 1. The summed E-state index contributed by atoms with van der Waals surface area (Å²) in [4.78, 5) is 10.5. The predicted molar refractivity (Wildman–Crippen MR) is 62.6 cm³/mol. The maximum Gasteiger partial charge on any atom is 2.00 e. The Morgan fingerprint density at radius 1 is 0.944 bits per heavy atom. The summed E-state index contributed by atoms with van der Waals surface area (Å²) in [6.07, 6.45) is 15.9. The maximum absolute atomic E-state index is 10.5. The molecule has 10 radical (unpaired) electrons. The minimum absolute atomic E-state index is 0. The van der Waals surface area contributed by atoms with Crippen LogP contribution >= 0.6 is 0 Å². The van der Waals surface area contributed by atoms with Crippen LogP contribution < -0.4 is 0 Å². The average Bonchev–Trinajstić information content (AvgIpc) is 3.12. The van der Waals surface area contributed by atoms with Crippen molar-refractivity contribution in [2.75, 3.05) is 13.2 Å². The quantitative estimate of drug-likeness (QED) is 0.568. The minimum atomic E-state index is -0.333. The number of hydrogen-bond acceptors (Lipinski definition) is 3. The molecule has 1 saturated heterocycles. The molecule has 3 nitrogen and oxygen atoms in total. The Labute approximate surface area is 120 Å². The second-order valence-electron chi connectivity index (χ2n) is 3.59. The number of aldehydes is 1. The van der Waals surface area contributed by atoms with E-state index >= 15 is 0 Å². The van der Waals surface area contributed by atoms with Gasteiger partial charge in [0.15, 0.2) is 6.29 Å². The van der Waals surface area contributed by atoms with E-state index in [-0.39, 0.29) is 23.4 Å². The largest absolute Gasteiger partial charge is 2.00 e. The fraction of sp³-hybridized carbons (Fsp3) is 0.214. The Morgan fingerprint density at radius 3 is 2.00 bits per heavy atom. The zero-order valence-corrected chi connectivity index (χ0v) is 10.9. The van der Waals surface area contributed by atoms with Crippen molar-refractivity contribution in [3.8, 4) is 0 Å². The molecule has 94 valence electrons. The molecule has 0 N–H and O–H groups in total. The number of hydrogen-bond donors (Lipinski definition) is 0. The molecule has 3 aliphatic rings. The van der Waals surface area contributed by atoms with Crippen LogP contribution in [0.3, 0.4) is 0 Å². The number of ether oxygens (including phenoxy) is 2. The van der Waals surface area contributed by atoms with Crippen LogP contribution in [0, 0.1) is 63.2 Å². The van der Waals surface area contributed by atoms with Crippen LogP contribution in [0.2, 0.25) is 0 Å². The van der Waals surface area contributed by atoms with Crippen LogP contribution in [0.15, 0.2) is 0 Å². The van der Waals surface area contributed by atoms with E-state index in [2.05, 4.69) is 0 Å². The third kappa shape index (κ3) is 4.65. The summed E-state index contributed by atoms with van der Waals surface area (Å²) in [7, 11) is 0. The summed E-state index contributed by atoms with van der Waals surface area (Å²) >= 11 is 0. The first-order chi connectivity index (χ1) is 8.42. The smallest absolute Gasteiger partial charge is 0.350 e. The van der Waals surface area contributed by atoms with Crippen molar-refractivity contribution in [1.29, 1.82) is 0 Å². The molecule has 1 heterocycles. The molecular weight excluding hydrogens is 272 g/mol. The molecule has 0 amide bonds. The standard InChI is InChI=1S/C9H9O3.C5H5.Fe/c10-6-7-2-1-3-8(7)9-11-4-5-12-9;1-2-4-5-3-1;/h1-3,6,9H,4-5H2;1-5H;/q;;+2. The molecule has 2 aliphatic carbocycles. The molecule has 0 aromatic rings. The molecule has 0 aromatic heterocycles. The summed E-state index contributed by atoms with van der Waals surface area (Å²) in [5.74, 6) is 1.49. The maximum atomic E-state index is 10.5. The van der Waals surface area contributed by atoms with Crippen LogP contribution in [-0.4, -0.2) is 25.8 Å². The monoisotopic (exact) mass is 286 g/mol. The van der Waals surface area contributed by atoms with Crippen molar-refractivity contribution < 1.29 is 31.3 Å². The molecule has 0 spiro atoms. The van der Waals surface area contributed by atoms with E-state index in [0.717, 1.165) is 12.2 Å². The summed E-state index contributed by atoms with van der Waals surface area (Å²) in [6, 6.07) is 0. The summed E-state index contributed by atoms with van der Waals surface area (Å²) in [5.41, 5.74) is 0. The number of rotatable bonds is 2. The third-order valence-corrected chi connectivity index (χ3v) is 2.44. The van der Waals surface area contributed by atoms with Gasteiger partial charge >= 0.3 is 17.1 Å². The van der Waals surface area contributed by atoms with Crippen LogP contribution in [-0.2, 0) is 31.3 Å². The molecule has 2 saturated carbocycles. The molecule has 0 bridgehead atoms. The van der Waals surface area contributed by atoms with Crippen LogP contribution in [0.4, 0.5) is 0 Å². The van der Waals surface area contributed by atoms with Crippen molar-refractivity contribution in [1.82, 2.24) is 0 Å². The van der Waals surface area contributed by atoms with Gasteiger partial charge in [-0.25, -0.2) is 0 Å². The first-order valence-electron chi connectivity index (χ1n) is 5.52. The molecule has 3 fully saturated rings. The van der Waals surface area contributed by atoms with E-state index in [9.17, 15) is 4.79 Å². The normalized spacial score (nSPS) is 25.6. The van der Waals surface area contributed by atoms with Crippen molar-refractivity contribution >= 4 is 6.29 Å². The minimum Gasteiger partial charge on any atom is -0.350 e. The number of carbonyl (C=O) groups excluding carboxylic acids is 1. The molecule has 0 aromatic carbocycles. The van der Waals surface area contributed by atoms with Gasteiger partial charge in [-0.1, -0.05) is 0 Å². The molecular formula is C14H14FeO3+2. The van der Waals surface area contributed by atoms with Crippen LogP contribution in [0.25, 0.3) is 0 Å². The fourth-order valence-corrected chi connectivity index (χ4v) is 1.63. The Balaban J connectivity index is 0.000000230. The Bertz CT molecular complexity index is 217. The SMILES string of the molecule is O=C[C]1[CH][CH][CH][C]1C1OCCO1.[CH]1[CH][CH][CH][CH]1.[Fe+2]. The Morgan fingerprint density at radius 2 is 1.50 bits per heavy atom. The first kappa shape index (κ1) is 16.2. The second-order valence-corrected chi connectivity index (χ2v) is 3.59. The summed E-state index contributed by atoms with van der Waals surface area (Å²) in [5, 5.41) is 0. The van der Waals surface area contributed by atoms with Crippen LogP contribution in [0.1, 0.15) is 0 Å². The van der Waals surface area contributed by atoms with E-state index in [4.69, 9.17) is 9.47 Å². The van der Waals surface area contributed by atoms with Gasteiger partial charge in [0, 0.05) is 0 Å². The van der Waals surface area contributed by atoms with Gasteiger partial charge in [0.1, 0.15) is 6.29 Å². The molecule has 4 heteroatoms. The zero-order chi connectivity index (χ0) is 11.9. The van der Waals surface area contributed by atoms with Gasteiger partial charge < -0.3 is 14.3 Å². The van der Waals surface area contributed by atoms with Gasteiger partial charge in [-0.2, -0.15) is 0 Å². The Kier molecular flexibility index (Phi) is 8.16. The van der Waals surface area contributed by atoms with E-state index in [0.29, 0.717) is 19.1 Å². The zero-order valence-electron chi connectivity index (χ0n) is 9.77. The fourth-order valence-electron chi connectivity index (χ4n) is 1.63. The van der Waals surface area contributed by atoms with Crippen molar-refractivity contribution in [2.45, 2.75) is 6.29 Å². The van der Waals surface area contributed by atoms with Gasteiger partial charge in [-0.05, 0) is 51.4 Å². The van der Waals surface area contributed by atoms with E-state index in [1.807, 2.05) is 44.9 Å². The van der Waals surface area contributed by atoms with Crippen molar-refractivity contribution in [3.05, 3.63) is 63.2 Å². The van der Waals surface area contributed by atoms with E-state index in [1.54, 1.807) is 6.42 Å². The first-order valence-corrected chi connectivity index (χ1v) is 5.52. The third-order valence-electron chi connectivity index (χ3n) is 2.44. The Hall–Kier alpha value is 0.109. The van der Waals surface area contributed by atoms with Crippen LogP contribution in [0.5, 0.6) is 0 Å². The van der Waals surface area contributed by atoms with E-state index < -0.39 is 0 Å². The molecule has 18 heavy (non-hydrogen) atoms. The van der Waals surface area contributed by atoms with Gasteiger partial charge in [0.05, 0.1) is 25.0 Å². The topological polar surface area (TPSA) is 35.5 Å². The predicted octanol–water partition coefficient (Wildman–Crippen LogP) is 1.35. The average molecular weight is 286 g/mol. The summed E-state index contributed by atoms with van der Waals surface area (Å²) in [6.45, 7) is 1.21. The van der Waals surface area contributed by atoms with Gasteiger partial charge in [0.2, 0.25) is 0 Å². The van der Waals surface area contributed by atoms with Crippen molar-refractivity contribution in [3.63, 3.8) is 0 Å². The van der Waals surface area contributed by atoms with Gasteiger partial charge in [0.25, 0.3) is 0 Å². The molecule has 3 rings (SSSR count). The van der Waals surface area contributed by atoms with Gasteiger partial charge in [-0.15, -0.1) is 0 Å². The van der Waals surface area contributed by atoms with E-state index in [1.165, 1.54) is 0 Å².